The molecule has 1 aliphatic rings. The van der Waals surface area contributed by atoms with Crippen molar-refractivity contribution in [3.05, 3.63) is 33.9 Å². The average Bonchev–Trinajstić information content (AvgIpc) is 2.42. The Morgan fingerprint density at radius 3 is 2.50 bits per heavy atom. The van der Waals surface area contributed by atoms with E-state index in [4.69, 9.17) is 0 Å². The summed E-state index contributed by atoms with van der Waals surface area (Å²) in [5.74, 6) is -1.52. The van der Waals surface area contributed by atoms with E-state index >= 15 is 0 Å². The minimum absolute atomic E-state index is 0.00354. The van der Waals surface area contributed by atoms with Crippen molar-refractivity contribution in [3.63, 3.8) is 0 Å². The highest BCUT2D eigenvalue weighted by Gasteiger charge is 2.23. The molecule has 0 saturated heterocycles. The van der Waals surface area contributed by atoms with Crippen LogP contribution in [0.25, 0.3) is 0 Å². The Kier molecular flexibility index (Phi) is 4.52. The lowest BCUT2D eigenvalue weighted by molar-refractivity contribution is -0.387. The molecular weight excluding hydrogens is 266 g/mol. The number of nitro groups is 1. The van der Waals surface area contributed by atoms with Crippen LogP contribution in [0.5, 0.6) is 0 Å². The summed E-state index contributed by atoms with van der Waals surface area (Å²) in [6.07, 6.45) is 5.67. The molecule has 0 heterocycles. The van der Waals surface area contributed by atoms with Crippen LogP contribution in [0.4, 0.5) is 20.2 Å². The SMILES string of the molecule is CC(Nc1cc([N+](=O)[O-])c(F)cc1F)C1CCCCC1. The highest BCUT2D eigenvalue weighted by Crippen LogP contribution is 2.30. The summed E-state index contributed by atoms with van der Waals surface area (Å²) in [7, 11) is 0. The first-order chi connectivity index (χ1) is 9.49. The van der Waals surface area contributed by atoms with Crippen molar-refractivity contribution in [2.45, 2.75) is 45.1 Å². The number of halogens is 2. The van der Waals surface area contributed by atoms with E-state index in [9.17, 15) is 18.9 Å². The molecule has 2 rings (SSSR count). The number of nitrogens with zero attached hydrogens (tertiary/aromatic N) is 1. The Morgan fingerprint density at radius 2 is 1.90 bits per heavy atom. The molecule has 1 atom stereocenters. The predicted octanol–water partition coefficient (Wildman–Crippen LogP) is 4.25. The van der Waals surface area contributed by atoms with Gasteiger partial charge in [0, 0.05) is 18.2 Å². The lowest BCUT2D eigenvalue weighted by Crippen LogP contribution is -2.28. The molecule has 0 spiro atoms. The van der Waals surface area contributed by atoms with Crippen LogP contribution in [0, 0.1) is 27.7 Å². The van der Waals surface area contributed by atoms with Gasteiger partial charge in [0.15, 0.2) is 0 Å². The van der Waals surface area contributed by atoms with Crippen molar-refractivity contribution < 1.29 is 13.7 Å². The van der Waals surface area contributed by atoms with E-state index in [1.54, 1.807) is 0 Å². The monoisotopic (exact) mass is 284 g/mol. The smallest absolute Gasteiger partial charge is 0.307 e. The van der Waals surface area contributed by atoms with Crippen molar-refractivity contribution in [2.24, 2.45) is 5.92 Å². The summed E-state index contributed by atoms with van der Waals surface area (Å²) in [5, 5.41) is 13.6. The van der Waals surface area contributed by atoms with Crippen molar-refractivity contribution >= 4 is 11.4 Å². The van der Waals surface area contributed by atoms with Gasteiger partial charge < -0.3 is 5.32 Å². The van der Waals surface area contributed by atoms with Gasteiger partial charge in [0.05, 0.1) is 10.6 Å². The van der Waals surface area contributed by atoms with E-state index in [0.29, 0.717) is 12.0 Å². The van der Waals surface area contributed by atoms with Crippen molar-refractivity contribution in [1.29, 1.82) is 0 Å². The van der Waals surface area contributed by atoms with Gasteiger partial charge in [0.1, 0.15) is 5.82 Å². The van der Waals surface area contributed by atoms with E-state index in [2.05, 4.69) is 5.32 Å². The van der Waals surface area contributed by atoms with Gasteiger partial charge >= 0.3 is 5.69 Å². The standard InChI is InChI=1S/C14H18F2N2O2/c1-9(10-5-3-2-4-6-10)17-13-8-14(18(19)20)12(16)7-11(13)15/h7-10,17H,2-6H2,1H3. The summed E-state index contributed by atoms with van der Waals surface area (Å²) in [6.45, 7) is 1.94. The molecule has 1 unspecified atom stereocenters. The molecule has 6 heteroatoms. The predicted molar refractivity (Wildman–Crippen MR) is 72.7 cm³/mol. The third-order valence-electron chi connectivity index (χ3n) is 3.97. The van der Waals surface area contributed by atoms with Crippen molar-refractivity contribution in [3.8, 4) is 0 Å². The summed E-state index contributed by atoms with van der Waals surface area (Å²) < 4.78 is 27.0. The van der Waals surface area contributed by atoms with E-state index in [1.165, 1.54) is 6.42 Å². The van der Waals surface area contributed by atoms with Crippen LogP contribution < -0.4 is 5.32 Å². The van der Waals surface area contributed by atoms with Gasteiger partial charge in [0.25, 0.3) is 0 Å². The zero-order valence-corrected chi connectivity index (χ0v) is 11.4. The van der Waals surface area contributed by atoms with Crippen LogP contribution in [0.15, 0.2) is 12.1 Å². The zero-order valence-electron chi connectivity index (χ0n) is 11.4. The molecule has 20 heavy (non-hydrogen) atoms. The summed E-state index contributed by atoms with van der Waals surface area (Å²) in [4.78, 5) is 9.85. The number of hydrogen-bond donors (Lipinski definition) is 1. The minimum Gasteiger partial charge on any atom is -0.380 e. The van der Waals surface area contributed by atoms with Gasteiger partial charge in [-0.1, -0.05) is 19.3 Å². The van der Waals surface area contributed by atoms with E-state index < -0.39 is 22.2 Å². The molecule has 0 bridgehead atoms. The molecule has 1 aliphatic carbocycles. The molecule has 1 N–H and O–H groups in total. The summed E-state index contributed by atoms with van der Waals surface area (Å²) in [6, 6.07) is 1.51. The van der Waals surface area contributed by atoms with Crippen molar-refractivity contribution in [1.82, 2.24) is 0 Å². The molecule has 1 aromatic rings. The van der Waals surface area contributed by atoms with Gasteiger partial charge in [-0.05, 0) is 25.7 Å². The lowest BCUT2D eigenvalue weighted by Gasteiger charge is -2.29. The second kappa shape index (κ2) is 6.15. The number of rotatable bonds is 4. The van der Waals surface area contributed by atoms with Gasteiger partial charge in [0.2, 0.25) is 5.82 Å². The van der Waals surface area contributed by atoms with Crippen LogP contribution in [0.1, 0.15) is 39.0 Å². The van der Waals surface area contributed by atoms with Gasteiger partial charge in [-0.15, -0.1) is 0 Å². The van der Waals surface area contributed by atoms with E-state index in [1.807, 2.05) is 6.92 Å². The number of hydrogen-bond acceptors (Lipinski definition) is 3. The maximum absolute atomic E-state index is 13.7. The van der Waals surface area contributed by atoms with Crippen LogP contribution in [-0.2, 0) is 0 Å². The normalized spacial score (nSPS) is 17.8. The first-order valence-corrected chi connectivity index (χ1v) is 6.89. The van der Waals surface area contributed by atoms with Crippen LogP contribution >= 0.6 is 0 Å². The Hall–Kier alpha value is -1.72. The third-order valence-corrected chi connectivity index (χ3v) is 3.97. The highest BCUT2D eigenvalue weighted by atomic mass is 19.1. The highest BCUT2D eigenvalue weighted by molar-refractivity contribution is 5.53. The van der Waals surface area contributed by atoms with Gasteiger partial charge in [-0.25, -0.2) is 4.39 Å². The quantitative estimate of drug-likeness (QED) is 0.664. The molecule has 0 aromatic heterocycles. The Balaban J connectivity index is 2.15. The number of benzene rings is 1. The maximum Gasteiger partial charge on any atom is 0.307 e. The fourth-order valence-corrected chi connectivity index (χ4v) is 2.79. The Morgan fingerprint density at radius 1 is 1.25 bits per heavy atom. The molecule has 0 amide bonds. The zero-order chi connectivity index (χ0) is 14.7. The van der Waals surface area contributed by atoms with E-state index in [0.717, 1.165) is 31.7 Å². The largest absolute Gasteiger partial charge is 0.380 e. The molecule has 4 nitrogen and oxygen atoms in total. The maximum atomic E-state index is 13.7. The van der Waals surface area contributed by atoms with Crippen LogP contribution in [0.3, 0.4) is 0 Å². The topological polar surface area (TPSA) is 55.2 Å². The summed E-state index contributed by atoms with van der Waals surface area (Å²) >= 11 is 0. The molecule has 1 fully saturated rings. The van der Waals surface area contributed by atoms with Gasteiger partial charge in [-0.2, -0.15) is 4.39 Å². The van der Waals surface area contributed by atoms with E-state index in [-0.39, 0.29) is 11.7 Å². The second-order valence-corrected chi connectivity index (χ2v) is 5.37. The molecular formula is C14H18F2N2O2. The average molecular weight is 284 g/mol. The van der Waals surface area contributed by atoms with Gasteiger partial charge in [-0.3, -0.25) is 10.1 Å². The fraction of sp³-hybridized carbons (Fsp3) is 0.571. The summed E-state index contributed by atoms with van der Waals surface area (Å²) in [5.41, 5.74) is -0.707. The molecule has 1 aromatic carbocycles. The van der Waals surface area contributed by atoms with Crippen LogP contribution in [-0.4, -0.2) is 11.0 Å². The Bertz CT molecular complexity index is 502. The lowest BCUT2D eigenvalue weighted by atomic mass is 9.84. The first-order valence-electron chi connectivity index (χ1n) is 6.89. The Labute approximate surface area is 116 Å². The number of anilines is 1. The molecule has 1 saturated carbocycles. The van der Waals surface area contributed by atoms with Crippen LogP contribution in [0.2, 0.25) is 0 Å². The molecule has 0 radical (unpaired) electrons. The minimum atomic E-state index is -1.15. The number of nitro benzene ring substituents is 1. The number of nitrogens with one attached hydrogen (secondary N) is 1. The first kappa shape index (κ1) is 14.7. The third kappa shape index (κ3) is 3.23. The second-order valence-electron chi connectivity index (χ2n) is 5.37. The fourth-order valence-electron chi connectivity index (χ4n) is 2.79. The molecule has 110 valence electrons. The molecule has 0 aliphatic heterocycles. The van der Waals surface area contributed by atoms with Crippen molar-refractivity contribution in [2.75, 3.05) is 5.32 Å².